The van der Waals surface area contributed by atoms with Crippen molar-refractivity contribution in [3.05, 3.63) is 0 Å². The Morgan fingerprint density at radius 1 is 1.33 bits per heavy atom. The third-order valence-electron chi connectivity index (χ3n) is 2.28. The van der Waals surface area contributed by atoms with E-state index >= 15 is 0 Å². The van der Waals surface area contributed by atoms with Gasteiger partial charge in [0.25, 0.3) is 0 Å². The van der Waals surface area contributed by atoms with Crippen molar-refractivity contribution in [3.63, 3.8) is 0 Å². The topological polar surface area (TPSA) is 119 Å². The molecule has 0 heterocycles. The minimum atomic E-state index is -1.48. The van der Waals surface area contributed by atoms with E-state index in [2.05, 4.69) is 10.6 Å². The van der Waals surface area contributed by atoms with Gasteiger partial charge in [0.05, 0.1) is 0 Å². The SMILES string of the molecule is CNC(=O)CCN(C)C(=O)NCC[C@H](O)C(=O)O. The van der Waals surface area contributed by atoms with E-state index in [1.165, 1.54) is 19.0 Å². The van der Waals surface area contributed by atoms with E-state index < -0.39 is 18.1 Å². The van der Waals surface area contributed by atoms with Crippen LogP contribution >= 0.6 is 0 Å². The van der Waals surface area contributed by atoms with Crippen molar-refractivity contribution in [2.75, 3.05) is 27.2 Å². The summed E-state index contributed by atoms with van der Waals surface area (Å²) in [4.78, 5) is 34.0. The summed E-state index contributed by atoms with van der Waals surface area (Å²) in [7, 11) is 3.03. The Hall–Kier alpha value is -1.83. The maximum atomic E-state index is 11.4. The standard InChI is InChI=1S/C10H19N3O5/c1-11-8(15)4-6-13(2)10(18)12-5-3-7(14)9(16)17/h7,14H,3-6H2,1-2H3,(H,11,15)(H,12,18)(H,16,17)/t7-/m0/s1. The number of hydrogen-bond donors (Lipinski definition) is 4. The van der Waals surface area contributed by atoms with Crippen molar-refractivity contribution in [2.24, 2.45) is 0 Å². The molecule has 0 aromatic heterocycles. The first-order valence-electron chi connectivity index (χ1n) is 5.49. The summed E-state index contributed by atoms with van der Waals surface area (Å²) in [5, 5.41) is 22.3. The van der Waals surface area contributed by atoms with Gasteiger partial charge in [0.1, 0.15) is 0 Å². The number of urea groups is 1. The predicted octanol–water partition coefficient (Wildman–Crippen LogP) is -1.40. The lowest BCUT2D eigenvalue weighted by molar-refractivity contribution is -0.146. The third-order valence-corrected chi connectivity index (χ3v) is 2.28. The molecule has 0 rings (SSSR count). The average Bonchev–Trinajstić information content (AvgIpc) is 2.34. The molecule has 8 nitrogen and oxygen atoms in total. The van der Waals surface area contributed by atoms with E-state index in [0.717, 1.165) is 0 Å². The molecule has 104 valence electrons. The molecule has 3 amide bonds. The van der Waals surface area contributed by atoms with Crippen molar-refractivity contribution >= 4 is 17.9 Å². The molecule has 0 unspecified atom stereocenters. The molecule has 8 heteroatoms. The van der Waals surface area contributed by atoms with E-state index in [4.69, 9.17) is 10.2 Å². The van der Waals surface area contributed by atoms with Gasteiger partial charge in [-0.25, -0.2) is 9.59 Å². The molecule has 1 atom stereocenters. The number of carbonyl (C=O) groups is 3. The number of nitrogens with zero attached hydrogens (tertiary/aromatic N) is 1. The third kappa shape index (κ3) is 6.69. The molecule has 0 saturated heterocycles. The van der Waals surface area contributed by atoms with Gasteiger partial charge < -0.3 is 25.7 Å². The highest BCUT2D eigenvalue weighted by Gasteiger charge is 2.14. The Morgan fingerprint density at radius 2 is 1.94 bits per heavy atom. The monoisotopic (exact) mass is 261 g/mol. The van der Waals surface area contributed by atoms with Crippen LogP contribution in [0.25, 0.3) is 0 Å². The fourth-order valence-electron chi connectivity index (χ4n) is 1.07. The highest BCUT2D eigenvalue weighted by atomic mass is 16.4. The van der Waals surface area contributed by atoms with Crippen LogP contribution < -0.4 is 10.6 Å². The van der Waals surface area contributed by atoms with E-state index in [0.29, 0.717) is 0 Å². The Bertz CT molecular complexity index is 308. The van der Waals surface area contributed by atoms with Crippen LogP contribution in [0.1, 0.15) is 12.8 Å². The quantitative estimate of drug-likeness (QED) is 0.449. The van der Waals surface area contributed by atoms with Gasteiger partial charge in [-0.1, -0.05) is 0 Å². The maximum absolute atomic E-state index is 11.4. The van der Waals surface area contributed by atoms with Gasteiger partial charge in [-0.05, 0) is 0 Å². The summed E-state index contributed by atoms with van der Waals surface area (Å²) < 4.78 is 0. The number of amides is 3. The molecular weight excluding hydrogens is 242 g/mol. The smallest absolute Gasteiger partial charge is 0.332 e. The molecule has 0 aliphatic heterocycles. The molecule has 0 radical (unpaired) electrons. The number of rotatable bonds is 7. The predicted molar refractivity (Wildman–Crippen MR) is 63.0 cm³/mol. The molecule has 0 spiro atoms. The first kappa shape index (κ1) is 16.2. The highest BCUT2D eigenvalue weighted by molar-refractivity contribution is 5.78. The molecule has 0 aromatic rings. The first-order chi connectivity index (χ1) is 8.38. The van der Waals surface area contributed by atoms with Gasteiger partial charge in [-0.15, -0.1) is 0 Å². The summed E-state index contributed by atoms with van der Waals surface area (Å²) in [6.45, 7) is 0.309. The van der Waals surface area contributed by atoms with Gasteiger partial charge >= 0.3 is 12.0 Å². The number of aliphatic hydroxyl groups excluding tert-OH is 1. The molecule has 0 aliphatic rings. The van der Waals surface area contributed by atoms with E-state index in [1.54, 1.807) is 0 Å². The zero-order valence-electron chi connectivity index (χ0n) is 10.5. The largest absolute Gasteiger partial charge is 0.479 e. The number of carboxylic acids is 1. The summed E-state index contributed by atoms with van der Waals surface area (Å²) in [5.74, 6) is -1.49. The Balaban J connectivity index is 3.81. The number of carboxylic acid groups (broad SMARTS) is 1. The lowest BCUT2D eigenvalue weighted by Crippen LogP contribution is -2.40. The van der Waals surface area contributed by atoms with Crippen LogP contribution in [0.3, 0.4) is 0 Å². The van der Waals surface area contributed by atoms with Crippen LogP contribution in [0.15, 0.2) is 0 Å². The van der Waals surface area contributed by atoms with Crippen molar-refractivity contribution in [1.29, 1.82) is 0 Å². The van der Waals surface area contributed by atoms with Crippen molar-refractivity contribution in [3.8, 4) is 0 Å². The van der Waals surface area contributed by atoms with Crippen LogP contribution in [0.4, 0.5) is 4.79 Å². The normalized spacial score (nSPS) is 11.5. The summed E-state index contributed by atoms with van der Waals surface area (Å²) >= 11 is 0. The van der Waals surface area contributed by atoms with Gasteiger partial charge in [-0.2, -0.15) is 0 Å². The number of aliphatic hydroxyl groups is 1. The van der Waals surface area contributed by atoms with Gasteiger partial charge in [0.15, 0.2) is 6.10 Å². The zero-order chi connectivity index (χ0) is 14.1. The van der Waals surface area contributed by atoms with Crippen molar-refractivity contribution < 1.29 is 24.6 Å². The van der Waals surface area contributed by atoms with E-state index in [9.17, 15) is 14.4 Å². The van der Waals surface area contributed by atoms with Crippen LogP contribution in [-0.2, 0) is 9.59 Å². The maximum Gasteiger partial charge on any atom is 0.332 e. The molecular formula is C10H19N3O5. The summed E-state index contributed by atoms with van der Waals surface area (Å²) in [5.41, 5.74) is 0. The fourth-order valence-corrected chi connectivity index (χ4v) is 1.07. The molecule has 0 fully saturated rings. The molecule has 0 aromatic carbocycles. The van der Waals surface area contributed by atoms with E-state index in [-0.39, 0.29) is 31.8 Å². The first-order valence-corrected chi connectivity index (χ1v) is 5.49. The van der Waals surface area contributed by atoms with E-state index in [1.807, 2.05) is 0 Å². The Labute approximate surface area is 105 Å². The number of aliphatic carboxylic acids is 1. The fraction of sp³-hybridized carbons (Fsp3) is 0.700. The zero-order valence-corrected chi connectivity index (χ0v) is 10.5. The van der Waals surface area contributed by atoms with Gasteiger partial charge in [0, 0.05) is 40.0 Å². The second-order valence-electron chi connectivity index (χ2n) is 3.72. The highest BCUT2D eigenvalue weighted by Crippen LogP contribution is 1.92. The minimum absolute atomic E-state index is 0.0522. The lowest BCUT2D eigenvalue weighted by Gasteiger charge is -2.17. The molecule has 0 aliphatic carbocycles. The van der Waals surface area contributed by atoms with Gasteiger partial charge in [-0.3, -0.25) is 4.79 Å². The number of carbonyl (C=O) groups excluding carboxylic acids is 2. The van der Waals surface area contributed by atoms with Gasteiger partial charge in [0.2, 0.25) is 5.91 Å². The number of nitrogens with one attached hydrogen (secondary N) is 2. The molecule has 0 bridgehead atoms. The second kappa shape index (κ2) is 8.29. The summed E-state index contributed by atoms with van der Waals surface area (Å²) in [6.07, 6.45) is -1.36. The van der Waals surface area contributed by atoms with Crippen LogP contribution in [-0.4, -0.2) is 66.3 Å². The lowest BCUT2D eigenvalue weighted by atomic mass is 10.2. The Morgan fingerprint density at radius 3 is 2.44 bits per heavy atom. The Kier molecular flexibility index (Phi) is 7.45. The van der Waals surface area contributed by atoms with Crippen LogP contribution in [0, 0.1) is 0 Å². The average molecular weight is 261 g/mol. The number of hydrogen-bond acceptors (Lipinski definition) is 4. The molecule has 18 heavy (non-hydrogen) atoms. The van der Waals surface area contributed by atoms with Crippen molar-refractivity contribution in [2.45, 2.75) is 18.9 Å². The van der Waals surface area contributed by atoms with Crippen LogP contribution in [0.2, 0.25) is 0 Å². The van der Waals surface area contributed by atoms with Crippen molar-refractivity contribution in [1.82, 2.24) is 15.5 Å². The second-order valence-corrected chi connectivity index (χ2v) is 3.72. The minimum Gasteiger partial charge on any atom is -0.479 e. The molecule has 0 saturated carbocycles. The van der Waals surface area contributed by atoms with Crippen LogP contribution in [0.5, 0.6) is 0 Å². The molecule has 4 N–H and O–H groups in total. The summed E-state index contributed by atoms with van der Waals surface area (Å²) in [6, 6.07) is -0.420.